The normalized spacial score (nSPS) is 12.2. The molecule has 0 aliphatic carbocycles. The first-order valence-corrected chi connectivity index (χ1v) is 7.20. The summed E-state index contributed by atoms with van der Waals surface area (Å²) in [4.78, 5) is 0. The molecule has 4 heteroatoms. The summed E-state index contributed by atoms with van der Waals surface area (Å²) < 4.78 is 6.84. The fraction of sp³-hybridized carbons (Fsp3) is 0.200. The average Bonchev–Trinajstić information content (AvgIpc) is 2.35. The van der Waals surface area contributed by atoms with Crippen LogP contribution in [0.2, 0.25) is 5.02 Å². The fourth-order valence-corrected chi connectivity index (χ4v) is 2.31. The van der Waals surface area contributed by atoms with Crippen LogP contribution >= 0.6 is 27.5 Å². The van der Waals surface area contributed by atoms with Crippen molar-refractivity contribution in [2.75, 3.05) is 0 Å². The standard InChI is InChI=1S/C15H15BrClNO/c1-10(18)8-11-6-7-12(17)9-15(11)19-14-5-3-2-4-13(14)16/h2-7,9-10H,8,18H2,1H3. The zero-order valence-electron chi connectivity index (χ0n) is 10.6. The van der Waals surface area contributed by atoms with Crippen molar-refractivity contribution in [2.24, 2.45) is 5.73 Å². The molecule has 0 amide bonds. The summed E-state index contributed by atoms with van der Waals surface area (Å²) >= 11 is 9.50. The van der Waals surface area contributed by atoms with Gasteiger partial charge in [0.15, 0.2) is 0 Å². The van der Waals surface area contributed by atoms with E-state index < -0.39 is 0 Å². The van der Waals surface area contributed by atoms with Crippen molar-refractivity contribution in [2.45, 2.75) is 19.4 Å². The molecule has 0 bridgehead atoms. The number of benzene rings is 2. The van der Waals surface area contributed by atoms with Crippen molar-refractivity contribution in [3.63, 3.8) is 0 Å². The number of rotatable bonds is 4. The van der Waals surface area contributed by atoms with Gasteiger partial charge in [0.05, 0.1) is 4.47 Å². The molecule has 2 rings (SSSR count). The lowest BCUT2D eigenvalue weighted by Crippen LogP contribution is -2.18. The Kier molecular flexibility index (Phi) is 4.86. The van der Waals surface area contributed by atoms with Crippen molar-refractivity contribution in [3.05, 3.63) is 57.5 Å². The van der Waals surface area contributed by atoms with Gasteiger partial charge < -0.3 is 10.5 Å². The van der Waals surface area contributed by atoms with Crippen LogP contribution in [0.15, 0.2) is 46.9 Å². The van der Waals surface area contributed by atoms with E-state index in [1.54, 1.807) is 0 Å². The summed E-state index contributed by atoms with van der Waals surface area (Å²) in [5.74, 6) is 1.51. The van der Waals surface area contributed by atoms with Gasteiger partial charge in [0.1, 0.15) is 11.5 Å². The Balaban J connectivity index is 2.33. The minimum Gasteiger partial charge on any atom is -0.456 e. The summed E-state index contributed by atoms with van der Waals surface area (Å²) in [7, 11) is 0. The van der Waals surface area contributed by atoms with E-state index >= 15 is 0 Å². The lowest BCUT2D eigenvalue weighted by Gasteiger charge is -2.14. The van der Waals surface area contributed by atoms with Crippen LogP contribution < -0.4 is 10.5 Å². The van der Waals surface area contributed by atoms with Crippen LogP contribution in [-0.4, -0.2) is 6.04 Å². The molecule has 0 aliphatic rings. The van der Waals surface area contributed by atoms with E-state index in [9.17, 15) is 0 Å². The number of para-hydroxylation sites is 1. The minimum atomic E-state index is 0.0720. The topological polar surface area (TPSA) is 35.2 Å². The largest absolute Gasteiger partial charge is 0.456 e. The van der Waals surface area contributed by atoms with Crippen LogP contribution in [-0.2, 0) is 6.42 Å². The van der Waals surface area contributed by atoms with Crippen molar-refractivity contribution in [3.8, 4) is 11.5 Å². The second kappa shape index (κ2) is 6.42. The summed E-state index contributed by atoms with van der Waals surface area (Å²) in [6.07, 6.45) is 0.747. The quantitative estimate of drug-likeness (QED) is 0.869. The number of nitrogens with two attached hydrogens (primary N) is 1. The predicted octanol–water partition coefficient (Wildman–Crippen LogP) is 4.78. The fourth-order valence-electron chi connectivity index (χ4n) is 1.78. The van der Waals surface area contributed by atoms with Gasteiger partial charge in [0.25, 0.3) is 0 Å². The molecule has 0 aromatic heterocycles. The van der Waals surface area contributed by atoms with E-state index in [1.807, 2.05) is 49.4 Å². The second-order valence-electron chi connectivity index (χ2n) is 4.47. The monoisotopic (exact) mass is 339 g/mol. The van der Waals surface area contributed by atoms with E-state index in [1.165, 1.54) is 0 Å². The van der Waals surface area contributed by atoms with E-state index in [4.69, 9.17) is 22.1 Å². The molecule has 0 heterocycles. The van der Waals surface area contributed by atoms with Crippen molar-refractivity contribution < 1.29 is 4.74 Å². The summed E-state index contributed by atoms with van der Waals surface area (Å²) in [6, 6.07) is 13.4. The zero-order valence-corrected chi connectivity index (χ0v) is 12.9. The molecule has 2 aromatic carbocycles. The molecule has 0 spiro atoms. The highest BCUT2D eigenvalue weighted by molar-refractivity contribution is 9.10. The maximum Gasteiger partial charge on any atom is 0.141 e. The highest BCUT2D eigenvalue weighted by Crippen LogP contribution is 2.33. The number of ether oxygens (including phenoxy) is 1. The molecule has 0 radical (unpaired) electrons. The first-order valence-electron chi connectivity index (χ1n) is 6.02. The Morgan fingerprint density at radius 3 is 2.63 bits per heavy atom. The van der Waals surface area contributed by atoms with Gasteiger partial charge in [-0.3, -0.25) is 0 Å². The van der Waals surface area contributed by atoms with Gasteiger partial charge in [-0.05, 0) is 59.1 Å². The zero-order chi connectivity index (χ0) is 13.8. The third kappa shape index (κ3) is 3.96. The Morgan fingerprint density at radius 1 is 1.21 bits per heavy atom. The van der Waals surface area contributed by atoms with Gasteiger partial charge in [0.2, 0.25) is 0 Å². The van der Waals surface area contributed by atoms with Crippen molar-refractivity contribution in [1.82, 2.24) is 0 Å². The first-order chi connectivity index (χ1) is 9.06. The predicted molar refractivity (Wildman–Crippen MR) is 83.0 cm³/mol. The third-order valence-corrected chi connectivity index (χ3v) is 3.52. The van der Waals surface area contributed by atoms with Gasteiger partial charge >= 0.3 is 0 Å². The summed E-state index contributed by atoms with van der Waals surface area (Å²) in [6.45, 7) is 1.97. The molecular formula is C15H15BrClNO. The van der Waals surface area contributed by atoms with Crippen LogP contribution in [0.3, 0.4) is 0 Å². The van der Waals surface area contributed by atoms with Crippen LogP contribution in [0, 0.1) is 0 Å². The van der Waals surface area contributed by atoms with Crippen LogP contribution in [0.4, 0.5) is 0 Å². The molecular weight excluding hydrogens is 326 g/mol. The molecule has 0 fully saturated rings. The SMILES string of the molecule is CC(N)Cc1ccc(Cl)cc1Oc1ccccc1Br. The summed E-state index contributed by atoms with van der Waals surface area (Å²) in [5, 5.41) is 0.649. The molecule has 0 saturated heterocycles. The van der Waals surface area contributed by atoms with Crippen LogP contribution in [0.5, 0.6) is 11.5 Å². The van der Waals surface area contributed by atoms with Crippen molar-refractivity contribution in [1.29, 1.82) is 0 Å². The molecule has 1 unspecified atom stereocenters. The van der Waals surface area contributed by atoms with Gasteiger partial charge in [-0.25, -0.2) is 0 Å². The Bertz CT molecular complexity index is 572. The first kappa shape index (κ1) is 14.4. The second-order valence-corrected chi connectivity index (χ2v) is 5.76. The lowest BCUT2D eigenvalue weighted by atomic mass is 10.1. The van der Waals surface area contributed by atoms with E-state index in [2.05, 4.69) is 15.9 Å². The Morgan fingerprint density at radius 2 is 1.95 bits per heavy atom. The molecule has 100 valence electrons. The number of hydrogen-bond donors (Lipinski definition) is 1. The van der Waals surface area contributed by atoms with Gasteiger partial charge in [-0.1, -0.05) is 29.8 Å². The van der Waals surface area contributed by atoms with Gasteiger partial charge in [-0.2, -0.15) is 0 Å². The Hall–Kier alpha value is -1.03. The molecule has 19 heavy (non-hydrogen) atoms. The Labute approximate surface area is 126 Å². The molecule has 2 N–H and O–H groups in total. The van der Waals surface area contributed by atoms with Crippen molar-refractivity contribution >= 4 is 27.5 Å². The van der Waals surface area contributed by atoms with E-state index in [0.717, 1.165) is 28.0 Å². The number of hydrogen-bond acceptors (Lipinski definition) is 2. The molecule has 1 atom stereocenters. The highest BCUT2D eigenvalue weighted by atomic mass is 79.9. The molecule has 0 aliphatic heterocycles. The van der Waals surface area contributed by atoms with Gasteiger partial charge in [0, 0.05) is 11.1 Å². The summed E-state index contributed by atoms with van der Waals surface area (Å²) in [5.41, 5.74) is 6.91. The highest BCUT2D eigenvalue weighted by Gasteiger charge is 2.09. The van der Waals surface area contributed by atoms with Crippen LogP contribution in [0.25, 0.3) is 0 Å². The number of halogens is 2. The maximum atomic E-state index is 6.04. The molecule has 2 nitrogen and oxygen atoms in total. The average molecular weight is 341 g/mol. The lowest BCUT2D eigenvalue weighted by molar-refractivity contribution is 0.471. The molecule has 0 saturated carbocycles. The van der Waals surface area contributed by atoms with Crippen LogP contribution in [0.1, 0.15) is 12.5 Å². The van der Waals surface area contributed by atoms with E-state index in [-0.39, 0.29) is 6.04 Å². The van der Waals surface area contributed by atoms with E-state index in [0.29, 0.717) is 5.02 Å². The molecule has 2 aromatic rings. The van der Waals surface area contributed by atoms with Gasteiger partial charge in [-0.15, -0.1) is 0 Å². The minimum absolute atomic E-state index is 0.0720. The maximum absolute atomic E-state index is 6.04. The smallest absolute Gasteiger partial charge is 0.141 e. The third-order valence-electron chi connectivity index (χ3n) is 2.63.